The zero-order chi connectivity index (χ0) is 23.5. The van der Waals surface area contributed by atoms with Crippen molar-refractivity contribution in [2.75, 3.05) is 13.2 Å². The topological polar surface area (TPSA) is 66.8 Å². The molecule has 0 spiro atoms. The lowest BCUT2D eigenvalue weighted by atomic mass is 10.0. The zero-order valence-corrected chi connectivity index (χ0v) is 21.5. The van der Waals surface area contributed by atoms with Gasteiger partial charge in [0.25, 0.3) is 0 Å². The summed E-state index contributed by atoms with van der Waals surface area (Å²) in [6.45, 7) is 4.24. The summed E-state index contributed by atoms with van der Waals surface area (Å²) in [7, 11) is 0. The van der Waals surface area contributed by atoms with Crippen LogP contribution in [0, 0.1) is 0 Å². The van der Waals surface area contributed by atoms with Crippen molar-refractivity contribution < 1.29 is 19.7 Å². The molecule has 32 heavy (non-hydrogen) atoms. The van der Waals surface area contributed by atoms with Crippen molar-refractivity contribution in [1.29, 1.82) is 0 Å². The van der Waals surface area contributed by atoms with E-state index >= 15 is 0 Å². The normalized spacial score (nSPS) is 16.4. The fraction of sp³-hybridized carbons (Fsp3) is 0.964. The molecule has 1 aliphatic heterocycles. The molecule has 4 heteroatoms. The average molecular weight is 457 g/mol. The van der Waals surface area contributed by atoms with Gasteiger partial charge in [-0.05, 0) is 32.1 Å². The Bertz CT molecular complexity index is 334. The minimum Gasteiger partial charge on any atom is -0.481 e. The minimum atomic E-state index is -0.694. The number of aliphatic carboxylic acids is 1. The van der Waals surface area contributed by atoms with E-state index in [0.29, 0.717) is 6.42 Å². The van der Waals surface area contributed by atoms with Crippen LogP contribution in [-0.2, 0) is 9.53 Å². The van der Waals surface area contributed by atoms with E-state index in [1.807, 2.05) is 0 Å². The summed E-state index contributed by atoms with van der Waals surface area (Å²) < 4.78 is 5.47. The van der Waals surface area contributed by atoms with Crippen molar-refractivity contribution in [3.8, 4) is 0 Å². The lowest BCUT2D eigenvalue weighted by Crippen LogP contribution is -2.05. The molecule has 0 aliphatic carbocycles. The molecule has 1 saturated heterocycles. The first-order valence-corrected chi connectivity index (χ1v) is 14.1. The minimum absolute atomic E-state index is 0.125. The zero-order valence-electron chi connectivity index (χ0n) is 21.5. The quantitative estimate of drug-likeness (QED) is 0.229. The third-order valence-corrected chi connectivity index (χ3v) is 6.40. The Morgan fingerprint density at radius 3 is 1.53 bits per heavy atom. The van der Waals surface area contributed by atoms with Gasteiger partial charge >= 0.3 is 5.97 Å². The third-order valence-electron chi connectivity index (χ3n) is 6.40. The van der Waals surface area contributed by atoms with E-state index in [9.17, 15) is 9.90 Å². The average Bonchev–Trinajstić information content (AvgIpc) is 2.85. The van der Waals surface area contributed by atoms with E-state index in [2.05, 4.69) is 6.92 Å². The number of rotatable bonds is 16. The van der Waals surface area contributed by atoms with Crippen molar-refractivity contribution in [3.63, 3.8) is 0 Å². The number of carboxylic acid groups (broad SMARTS) is 1. The van der Waals surface area contributed by atoms with E-state index in [4.69, 9.17) is 9.84 Å². The second kappa shape index (κ2) is 26.6. The predicted octanol–water partition coefficient (Wildman–Crippen LogP) is 8.44. The standard InChI is InChI=1S/C18H36O3.C10H20O/c1-2-3-4-5-6-8-11-14-17(19)15-12-9-7-10-13-16-18(20)21;1-2-4-6-8-10-11-9-7-5-3-1/h17,19H,2-16H2,1H3,(H,20,21);1-10H2. The number of aliphatic hydroxyl groups excluding tert-OH is 1. The molecule has 1 unspecified atom stereocenters. The Labute approximate surface area is 199 Å². The Kier molecular flexibility index (Phi) is 26.1. The first-order chi connectivity index (χ1) is 15.7. The lowest BCUT2D eigenvalue weighted by Gasteiger charge is -2.10. The summed E-state index contributed by atoms with van der Waals surface area (Å²) in [6, 6.07) is 0. The SMILES string of the molecule is C1CCCCCOCCCC1.CCCCCCCCCC(O)CCCCCCCC(=O)O. The van der Waals surface area contributed by atoms with Gasteiger partial charge in [0.05, 0.1) is 6.10 Å². The van der Waals surface area contributed by atoms with Crippen molar-refractivity contribution in [2.45, 2.75) is 161 Å². The van der Waals surface area contributed by atoms with Gasteiger partial charge in [0.15, 0.2) is 0 Å². The molecule has 0 amide bonds. The van der Waals surface area contributed by atoms with Crippen LogP contribution in [0.5, 0.6) is 0 Å². The molecule has 1 atom stereocenters. The van der Waals surface area contributed by atoms with Crippen LogP contribution in [0.1, 0.15) is 155 Å². The second-order valence-electron chi connectivity index (χ2n) is 9.70. The van der Waals surface area contributed by atoms with Gasteiger partial charge < -0.3 is 14.9 Å². The van der Waals surface area contributed by atoms with Crippen molar-refractivity contribution >= 4 is 5.97 Å². The highest BCUT2D eigenvalue weighted by atomic mass is 16.5. The lowest BCUT2D eigenvalue weighted by molar-refractivity contribution is -0.137. The van der Waals surface area contributed by atoms with Crippen LogP contribution in [-0.4, -0.2) is 35.5 Å². The molecule has 1 rings (SSSR count). The molecule has 0 aromatic carbocycles. The molecule has 0 bridgehead atoms. The van der Waals surface area contributed by atoms with Crippen molar-refractivity contribution in [3.05, 3.63) is 0 Å². The van der Waals surface area contributed by atoms with Gasteiger partial charge in [0, 0.05) is 19.6 Å². The van der Waals surface area contributed by atoms with Crippen LogP contribution >= 0.6 is 0 Å². The molecule has 0 aromatic rings. The molecule has 0 radical (unpaired) electrons. The molecule has 1 aliphatic rings. The van der Waals surface area contributed by atoms with Gasteiger partial charge in [-0.2, -0.15) is 0 Å². The molecular formula is C28H56O4. The van der Waals surface area contributed by atoms with Gasteiger partial charge in [-0.1, -0.05) is 116 Å². The Hall–Kier alpha value is -0.610. The van der Waals surface area contributed by atoms with E-state index in [0.717, 1.165) is 64.6 Å². The summed E-state index contributed by atoms with van der Waals surface area (Å²) in [4.78, 5) is 10.3. The van der Waals surface area contributed by atoms with E-state index in [1.165, 1.54) is 89.9 Å². The fourth-order valence-electron chi connectivity index (χ4n) is 4.24. The van der Waals surface area contributed by atoms with Gasteiger partial charge in [-0.25, -0.2) is 0 Å². The van der Waals surface area contributed by atoms with Crippen LogP contribution in [0.2, 0.25) is 0 Å². The summed E-state index contributed by atoms with van der Waals surface area (Å²) in [5.74, 6) is -0.694. The molecule has 4 nitrogen and oxygen atoms in total. The predicted molar refractivity (Wildman–Crippen MR) is 136 cm³/mol. The van der Waals surface area contributed by atoms with Crippen LogP contribution in [0.25, 0.3) is 0 Å². The van der Waals surface area contributed by atoms with Gasteiger partial charge in [0.2, 0.25) is 0 Å². The van der Waals surface area contributed by atoms with Crippen LogP contribution in [0.15, 0.2) is 0 Å². The number of ether oxygens (including phenoxy) is 1. The monoisotopic (exact) mass is 456 g/mol. The van der Waals surface area contributed by atoms with Crippen molar-refractivity contribution in [1.82, 2.24) is 0 Å². The van der Waals surface area contributed by atoms with Crippen LogP contribution in [0.4, 0.5) is 0 Å². The molecule has 1 heterocycles. The summed E-state index contributed by atoms with van der Waals surface area (Å²) in [5.41, 5.74) is 0. The highest BCUT2D eigenvalue weighted by Crippen LogP contribution is 2.14. The van der Waals surface area contributed by atoms with E-state index < -0.39 is 5.97 Å². The van der Waals surface area contributed by atoms with Gasteiger partial charge in [0.1, 0.15) is 0 Å². The van der Waals surface area contributed by atoms with E-state index in [-0.39, 0.29) is 6.10 Å². The number of aliphatic hydroxyl groups is 1. The largest absolute Gasteiger partial charge is 0.481 e. The highest BCUT2D eigenvalue weighted by Gasteiger charge is 2.04. The number of hydrogen-bond acceptors (Lipinski definition) is 3. The molecule has 0 aromatic heterocycles. The van der Waals surface area contributed by atoms with Crippen LogP contribution in [0.3, 0.4) is 0 Å². The van der Waals surface area contributed by atoms with E-state index in [1.54, 1.807) is 0 Å². The first kappa shape index (κ1) is 31.4. The molecule has 0 saturated carbocycles. The smallest absolute Gasteiger partial charge is 0.303 e. The maximum atomic E-state index is 10.3. The Morgan fingerprint density at radius 2 is 1.06 bits per heavy atom. The number of carbonyl (C=O) groups is 1. The van der Waals surface area contributed by atoms with Gasteiger partial charge in [-0.15, -0.1) is 0 Å². The highest BCUT2D eigenvalue weighted by molar-refractivity contribution is 5.66. The summed E-state index contributed by atoms with van der Waals surface area (Å²) in [6.07, 6.45) is 27.2. The van der Waals surface area contributed by atoms with Crippen molar-refractivity contribution in [2.24, 2.45) is 0 Å². The Morgan fingerprint density at radius 1 is 0.656 bits per heavy atom. The maximum Gasteiger partial charge on any atom is 0.303 e. The number of carboxylic acids is 1. The number of hydrogen-bond donors (Lipinski definition) is 2. The number of unbranched alkanes of at least 4 members (excludes halogenated alkanes) is 10. The molecule has 1 fully saturated rings. The third kappa shape index (κ3) is 27.4. The summed E-state index contributed by atoms with van der Waals surface area (Å²) >= 11 is 0. The van der Waals surface area contributed by atoms with Crippen LogP contribution < -0.4 is 0 Å². The molecular weight excluding hydrogens is 400 g/mol. The second-order valence-corrected chi connectivity index (χ2v) is 9.70. The maximum absolute atomic E-state index is 10.3. The fourth-order valence-corrected chi connectivity index (χ4v) is 4.24. The molecule has 192 valence electrons. The summed E-state index contributed by atoms with van der Waals surface area (Å²) in [5, 5.41) is 18.4. The van der Waals surface area contributed by atoms with Gasteiger partial charge in [-0.3, -0.25) is 4.79 Å². The first-order valence-electron chi connectivity index (χ1n) is 14.1. The Balaban J connectivity index is 0.000000726. The molecule has 2 N–H and O–H groups in total.